The lowest BCUT2D eigenvalue weighted by Crippen LogP contribution is -2.49. The number of unbranched alkanes of at least 4 members (excludes halogenated alkanes) is 9. The van der Waals surface area contributed by atoms with Crippen molar-refractivity contribution in [1.29, 1.82) is 0 Å². The summed E-state index contributed by atoms with van der Waals surface area (Å²) < 4.78 is 0. The van der Waals surface area contributed by atoms with E-state index in [-0.39, 0.29) is 12.3 Å². The van der Waals surface area contributed by atoms with Gasteiger partial charge in [0.15, 0.2) is 0 Å². The van der Waals surface area contributed by atoms with Crippen molar-refractivity contribution in [2.45, 2.75) is 109 Å². The largest absolute Gasteiger partial charge is 0.481 e. The lowest BCUT2D eigenvalue weighted by Gasteiger charge is -2.35. The van der Waals surface area contributed by atoms with E-state index in [1.807, 2.05) is 0 Å². The number of nitrogens with zero attached hydrogens (tertiary/aromatic N) is 4. The highest BCUT2D eigenvalue weighted by atomic mass is 32.1. The Labute approximate surface area is 305 Å². The van der Waals surface area contributed by atoms with Crippen LogP contribution in [0.1, 0.15) is 109 Å². The minimum absolute atomic E-state index is 0.0809. The number of rotatable bonds is 26. The van der Waals surface area contributed by atoms with Crippen LogP contribution < -0.4 is 0 Å². The molecule has 1 atom stereocenters. The number of hydrogen-bond donors (Lipinski definition) is 5. The van der Waals surface area contributed by atoms with Crippen LogP contribution in [0.4, 0.5) is 0 Å². The molecule has 0 aromatic heterocycles. The predicted octanol–water partition coefficient (Wildman–Crippen LogP) is 6.79. The van der Waals surface area contributed by atoms with E-state index in [4.69, 9.17) is 5.11 Å². The molecule has 1 aliphatic heterocycles. The average molecular weight is 723 g/mol. The van der Waals surface area contributed by atoms with Crippen molar-refractivity contribution in [2.75, 3.05) is 95.0 Å². The Morgan fingerprint density at radius 3 is 1.24 bits per heavy atom. The third-order valence-electron chi connectivity index (χ3n) is 9.30. The van der Waals surface area contributed by atoms with E-state index in [1.165, 1.54) is 6.42 Å². The normalized spacial score (nSPS) is 17.1. The quantitative estimate of drug-likeness (QED) is 0.0501. The molecule has 46 heavy (non-hydrogen) atoms. The average Bonchev–Trinajstić information content (AvgIpc) is 3.04. The number of hydrogen-bond acceptors (Lipinski definition) is 9. The zero-order valence-corrected chi connectivity index (χ0v) is 32.6. The van der Waals surface area contributed by atoms with Crippen LogP contribution in [0.5, 0.6) is 0 Å². The lowest BCUT2D eigenvalue weighted by molar-refractivity contribution is -0.137. The minimum Gasteiger partial charge on any atom is -0.481 e. The Hall–Kier alpha value is 0.220. The number of amides is 1. The van der Waals surface area contributed by atoms with E-state index in [0.717, 1.165) is 191 Å². The van der Waals surface area contributed by atoms with E-state index < -0.39 is 5.97 Å². The van der Waals surface area contributed by atoms with Gasteiger partial charge in [-0.3, -0.25) is 9.59 Å². The lowest BCUT2D eigenvalue weighted by atomic mass is 9.93. The van der Waals surface area contributed by atoms with Crippen LogP contribution in [0.25, 0.3) is 0 Å². The number of carboxylic acids is 1. The van der Waals surface area contributed by atoms with Crippen molar-refractivity contribution in [2.24, 2.45) is 5.92 Å². The zero-order valence-electron chi connectivity index (χ0n) is 29.0. The molecule has 1 aliphatic rings. The van der Waals surface area contributed by atoms with Gasteiger partial charge in [-0.05, 0) is 107 Å². The first-order valence-corrected chi connectivity index (χ1v) is 21.1. The molecule has 0 radical (unpaired) electrons. The smallest absolute Gasteiger partial charge is 0.303 e. The molecule has 0 bridgehead atoms. The summed E-state index contributed by atoms with van der Waals surface area (Å²) in [5.74, 6) is 3.41. The second-order valence-corrected chi connectivity index (χ2v) is 14.9. The van der Waals surface area contributed by atoms with Crippen molar-refractivity contribution >= 4 is 62.4 Å². The van der Waals surface area contributed by atoms with E-state index in [2.05, 4.69) is 70.1 Å². The molecule has 1 rings (SSSR count). The Balaban J connectivity index is 2.97. The summed E-state index contributed by atoms with van der Waals surface area (Å²) in [7, 11) is 0. The molecule has 0 aromatic rings. The fourth-order valence-corrected chi connectivity index (χ4v) is 7.19. The summed E-state index contributed by atoms with van der Waals surface area (Å²) in [6, 6.07) is 0. The molecule has 0 aromatic carbocycles. The van der Waals surface area contributed by atoms with Gasteiger partial charge in [0.25, 0.3) is 0 Å². The minimum atomic E-state index is -0.701. The van der Waals surface area contributed by atoms with E-state index in [1.54, 1.807) is 0 Å². The van der Waals surface area contributed by atoms with Crippen LogP contribution in [-0.4, -0.2) is 132 Å². The summed E-state index contributed by atoms with van der Waals surface area (Å²) in [5, 5.41) is 8.87. The zero-order chi connectivity index (χ0) is 33.7. The van der Waals surface area contributed by atoms with Crippen molar-refractivity contribution in [3.05, 3.63) is 0 Å². The van der Waals surface area contributed by atoms with Crippen molar-refractivity contribution in [3.63, 3.8) is 0 Å². The predicted molar refractivity (Wildman–Crippen MR) is 211 cm³/mol. The topological polar surface area (TPSA) is 67.3 Å². The maximum atomic E-state index is 14.3. The fraction of sp³-hybridized carbons (Fsp3) is 0.943. The van der Waals surface area contributed by atoms with Gasteiger partial charge in [-0.2, -0.15) is 50.5 Å². The first-order valence-electron chi connectivity index (χ1n) is 18.6. The summed E-state index contributed by atoms with van der Waals surface area (Å²) in [5.41, 5.74) is 0. The third kappa shape index (κ3) is 23.6. The van der Waals surface area contributed by atoms with Crippen LogP contribution >= 0.6 is 50.5 Å². The van der Waals surface area contributed by atoms with Gasteiger partial charge in [-0.1, -0.05) is 38.5 Å². The van der Waals surface area contributed by atoms with Crippen LogP contribution in [0.15, 0.2) is 0 Å². The number of aliphatic carboxylic acids is 1. The third-order valence-corrected chi connectivity index (χ3v) is 10.6. The molecular formula is C35H70N4O3S4. The van der Waals surface area contributed by atoms with Gasteiger partial charge in [-0.15, -0.1) is 0 Å². The summed E-state index contributed by atoms with van der Waals surface area (Å²) in [6.45, 7) is 11.0. The molecule has 11 heteroatoms. The van der Waals surface area contributed by atoms with Gasteiger partial charge in [0.2, 0.25) is 5.91 Å². The molecule has 0 saturated carbocycles. The summed E-state index contributed by atoms with van der Waals surface area (Å²) >= 11 is 17.8. The summed E-state index contributed by atoms with van der Waals surface area (Å²) in [6.07, 6.45) is 17.3. The highest BCUT2D eigenvalue weighted by molar-refractivity contribution is 7.80. The highest BCUT2D eigenvalue weighted by Crippen LogP contribution is 2.21. The first-order chi connectivity index (χ1) is 22.4. The molecule has 1 unspecified atom stereocenters. The van der Waals surface area contributed by atoms with Gasteiger partial charge >= 0.3 is 5.97 Å². The molecule has 1 saturated heterocycles. The van der Waals surface area contributed by atoms with Gasteiger partial charge in [-0.25, -0.2) is 0 Å². The first kappa shape index (κ1) is 44.2. The van der Waals surface area contributed by atoms with Gasteiger partial charge in [0, 0.05) is 64.7 Å². The number of carbonyl (C=O) groups is 2. The van der Waals surface area contributed by atoms with E-state index >= 15 is 0 Å². The maximum Gasteiger partial charge on any atom is 0.303 e. The Bertz CT molecular complexity index is 714. The highest BCUT2D eigenvalue weighted by Gasteiger charge is 2.25. The number of carbonyl (C=O) groups excluding carboxylic acids is 1. The summed E-state index contributed by atoms with van der Waals surface area (Å²) in [4.78, 5) is 35.1. The Kier molecular flexibility index (Phi) is 30.0. The molecular weight excluding hydrogens is 653 g/mol. The SMILES string of the molecule is O=C(O)CCCCCCCCC(CCCCS)C(=O)N1CCN(CCCCS)CCN(CCCCS)CCN(CCCCS)CC1. The molecule has 0 spiro atoms. The molecule has 1 amide bonds. The second-order valence-electron chi connectivity index (χ2n) is 13.1. The van der Waals surface area contributed by atoms with E-state index in [0.29, 0.717) is 5.91 Å². The standard InChI is InChI=1S/C35H70N4O3S4/c40-34(41)17-6-4-2-1-3-5-15-33(16-7-11-29-43)35(42)39-27-25-37(19-9-13-31-45)23-21-36(18-8-12-30-44)22-24-38(26-28-39)20-10-14-32-46/h33,43-46H,1-32H2,(H,40,41). The van der Waals surface area contributed by atoms with Gasteiger partial charge in [0.1, 0.15) is 0 Å². The Morgan fingerprint density at radius 2 is 0.826 bits per heavy atom. The van der Waals surface area contributed by atoms with Gasteiger partial charge in [0.05, 0.1) is 0 Å². The van der Waals surface area contributed by atoms with Gasteiger partial charge < -0.3 is 24.7 Å². The molecule has 1 heterocycles. The number of carboxylic acid groups (broad SMARTS) is 1. The molecule has 7 nitrogen and oxygen atoms in total. The monoisotopic (exact) mass is 722 g/mol. The van der Waals surface area contributed by atoms with Crippen LogP contribution in [0.2, 0.25) is 0 Å². The molecule has 272 valence electrons. The van der Waals surface area contributed by atoms with Crippen molar-refractivity contribution in [3.8, 4) is 0 Å². The molecule has 1 fully saturated rings. The van der Waals surface area contributed by atoms with Crippen LogP contribution in [-0.2, 0) is 9.59 Å². The van der Waals surface area contributed by atoms with Crippen molar-refractivity contribution < 1.29 is 14.7 Å². The van der Waals surface area contributed by atoms with Crippen LogP contribution in [0, 0.1) is 5.92 Å². The molecule has 1 N–H and O–H groups in total. The molecule has 0 aliphatic carbocycles. The maximum absolute atomic E-state index is 14.3. The van der Waals surface area contributed by atoms with Crippen molar-refractivity contribution in [1.82, 2.24) is 19.6 Å². The Morgan fingerprint density at radius 1 is 0.478 bits per heavy atom. The second kappa shape index (κ2) is 31.2. The van der Waals surface area contributed by atoms with Crippen LogP contribution in [0.3, 0.4) is 0 Å². The fourth-order valence-electron chi connectivity index (χ4n) is 6.30. The van der Waals surface area contributed by atoms with E-state index in [9.17, 15) is 9.59 Å². The number of thiol groups is 4.